The number of carboxylic acid groups (broad SMARTS) is 1. The zero-order valence-electron chi connectivity index (χ0n) is 11.5. The van der Waals surface area contributed by atoms with E-state index >= 15 is 0 Å². The number of aromatic carboxylic acids is 1. The molecule has 0 spiro atoms. The number of benzene rings is 1. The van der Waals surface area contributed by atoms with Crippen LogP contribution in [-0.4, -0.2) is 16.1 Å². The number of aromatic nitrogens is 1. The third-order valence-corrected chi connectivity index (χ3v) is 4.92. The molecule has 0 radical (unpaired) electrons. The van der Waals surface area contributed by atoms with Gasteiger partial charge in [-0.25, -0.2) is 4.79 Å². The first kappa shape index (κ1) is 13.6. The minimum Gasteiger partial charge on any atom is -0.478 e. The van der Waals surface area contributed by atoms with Crippen molar-refractivity contribution < 1.29 is 9.90 Å². The average molecular weight is 334 g/mol. The van der Waals surface area contributed by atoms with Crippen LogP contribution in [0.5, 0.6) is 0 Å². The van der Waals surface area contributed by atoms with Gasteiger partial charge in [-0.05, 0) is 36.5 Å². The quantitative estimate of drug-likeness (QED) is 0.842. The minimum absolute atomic E-state index is 0.306. The van der Waals surface area contributed by atoms with Gasteiger partial charge in [0.25, 0.3) is 0 Å². The van der Waals surface area contributed by atoms with Crippen LogP contribution in [0.1, 0.15) is 47.8 Å². The molecule has 104 valence electrons. The Labute approximate surface area is 126 Å². The fourth-order valence-corrected chi connectivity index (χ4v) is 3.41. The van der Waals surface area contributed by atoms with Crippen LogP contribution in [0.2, 0.25) is 0 Å². The molecule has 1 aliphatic carbocycles. The van der Waals surface area contributed by atoms with E-state index in [1.165, 1.54) is 0 Å². The number of hydrogen-bond acceptors (Lipinski definition) is 2. The van der Waals surface area contributed by atoms with E-state index in [0.29, 0.717) is 17.4 Å². The van der Waals surface area contributed by atoms with E-state index in [0.717, 1.165) is 39.5 Å². The molecule has 0 amide bonds. The topological polar surface area (TPSA) is 50.2 Å². The molecule has 0 bridgehead atoms. The van der Waals surface area contributed by atoms with Crippen molar-refractivity contribution in [1.29, 1.82) is 0 Å². The zero-order valence-corrected chi connectivity index (χ0v) is 13.1. The Kier molecular flexibility index (Phi) is 3.28. The summed E-state index contributed by atoms with van der Waals surface area (Å²) < 4.78 is 0.922. The SMILES string of the molecule is CC1CCc2c(nc3cc(Br)ccc3c2C(=O)O)C1C. The third kappa shape index (κ3) is 2.03. The summed E-state index contributed by atoms with van der Waals surface area (Å²) in [6.45, 7) is 4.35. The molecule has 2 unspecified atom stereocenters. The van der Waals surface area contributed by atoms with E-state index in [9.17, 15) is 9.90 Å². The molecule has 2 aromatic rings. The zero-order chi connectivity index (χ0) is 14.4. The molecule has 0 saturated carbocycles. The normalized spacial score (nSPS) is 21.8. The maximum absolute atomic E-state index is 11.7. The van der Waals surface area contributed by atoms with Gasteiger partial charge in [-0.3, -0.25) is 4.98 Å². The number of carbonyl (C=O) groups is 1. The largest absolute Gasteiger partial charge is 0.478 e. The summed E-state index contributed by atoms with van der Waals surface area (Å²) in [5, 5.41) is 10.4. The van der Waals surface area contributed by atoms with Gasteiger partial charge in [0.05, 0.1) is 11.1 Å². The second kappa shape index (κ2) is 4.85. The summed E-state index contributed by atoms with van der Waals surface area (Å²) in [6.07, 6.45) is 1.83. The lowest BCUT2D eigenvalue weighted by molar-refractivity contribution is 0.0697. The smallest absolute Gasteiger partial charge is 0.336 e. The standard InChI is InChI=1S/C16H16BrNO2/c1-8-3-5-12-14(16(19)20)11-6-4-10(17)7-13(11)18-15(12)9(8)2/h4,6-9H,3,5H2,1-2H3,(H,19,20). The van der Waals surface area contributed by atoms with Crippen molar-refractivity contribution in [3.8, 4) is 0 Å². The average Bonchev–Trinajstić information content (AvgIpc) is 2.40. The molecule has 20 heavy (non-hydrogen) atoms. The van der Waals surface area contributed by atoms with Crippen molar-refractivity contribution >= 4 is 32.8 Å². The summed E-state index contributed by atoms with van der Waals surface area (Å²) >= 11 is 3.43. The Balaban J connectivity index is 2.39. The highest BCUT2D eigenvalue weighted by Crippen LogP contribution is 2.38. The lowest BCUT2D eigenvalue weighted by Gasteiger charge is -2.29. The molecule has 3 nitrogen and oxygen atoms in total. The second-order valence-electron chi connectivity index (χ2n) is 5.62. The van der Waals surface area contributed by atoms with Crippen LogP contribution in [-0.2, 0) is 6.42 Å². The Bertz CT molecular complexity index is 711. The van der Waals surface area contributed by atoms with Gasteiger partial charge in [0.2, 0.25) is 0 Å². The molecular formula is C16H16BrNO2. The molecule has 4 heteroatoms. The lowest BCUT2D eigenvalue weighted by atomic mass is 9.78. The molecule has 0 fully saturated rings. The summed E-state index contributed by atoms with van der Waals surface area (Å²) in [7, 11) is 0. The summed E-state index contributed by atoms with van der Waals surface area (Å²) in [6, 6.07) is 5.62. The van der Waals surface area contributed by atoms with Crippen LogP contribution in [0.15, 0.2) is 22.7 Å². The Morgan fingerprint density at radius 3 is 2.85 bits per heavy atom. The van der Waals surface area contributed by atoms with Gasteiger partial charge in [-0.1, -0.05) is 35.8 Å². The van der Waals surface area contributed by atoms with Crippen LogP contribution in [0.4, 0.5) is 0 Å². The first-order valence-corrected chi connectivity index (χ1v) is 7.63. The van der Waals surface area contributed by atoms with Crippen molar-refractivity contribution in [3.63, 3.8) is 0 Å². The molecule has 1 aliphatic rings. The van der Waals surface area contributed by atoms with Gasteiger partial charge < -0.3 is 5.11 Å². The van der Waals surface area contributed by atoms with Crippen LogP contribution in [0.25, 0.3) is 10.9 Å². The number of halogens is 1. The highest BCUT2D eigenvalue weighted by molar-refractivity contribution is 9.10. The Hall–Kier alpha value is -1.42. The van der Waals surface area contributed by atoms with E-state index in [1.807, 2.05) is 18.2 Å². The molecule has 1 aromatic carbocycles. The Morgan fingerprint density at radius 1 is 1.40 bits per heavy atom. The summed E-state index contributed by atoms with van der Waals surface area (Å²) in [4.78, 5) is 16.5. The highest BCUT2D eigenvalue weighted by atomic mass is 79.9. The van der Waals surface area contributed by atoms with Gasteiger partial charge >= 0.3 is 5.97 Å². The van der Waals surface area contributed by atoms with E-state index < -0.39 is 5.97 Å². The van der Waals surface area contributed by atoms with Crippen LogP contribution in [0.3, 0.4) is 0 Å². The van der Waals surface area contributed by atoms with Crippen molar-refractivity contribution in [1.82, 2.24) is 4.98 Å². The van der Waals surface area contributed by atoms with Crippen molar-refractivity contribution in [2.24, 2.45) is 5.92 Å². The molecule has 0 aliphatic heterocycles. The lowest BCUT2D eigenvalue weighted by Crippen LogP contribution is -2.21. The van der Waals surface area contributed by atoms with Gasteiger partial charge in [-0.2, -0.15) is 0 Å². The van der Waals surface area contributed by atoms with Crippen LogP contribution < -0.4 is 0 Å². The molecule has 1 heterocycles. The highest BCUT2D eigenvalue weighted by Gasteiger charge is 2.29. The number of carboxylic acids is 1. The van der Waals surface area contributed by atoms with E-state index in [1.54, 1.807) is 0 Å². The van der Waals surface area contributed by atoms with E-state index in [2.05, 4.69) is 29.8 Å². The summed E-state index contributed by atoms with van der Waals surface area (Å²) in [5.74, 6) is -0.000736. The summed E-state index contributed by atoms with van der Waals surface area (Å²) in [5.41, 5.74) is 3.09. The molecule has 1 N–H and O–H groups in total. The molecule has 3 rings (SSSR count). The Morgan fingerprint density at radius 2 is 2.15 bits per heavy atom. The van der Waals surface area contributed by atoms with E-state index in [-0.39, 0.29) is 0 Å². The third-order valence-electron chi connectivity index (χ3n) is 4.43. The van der Waals surface area contributed by atoms with Crippen molar-refractivity contribution in [3.05, 3.63) is 39.5 Å². The van der Waals surface area contributed by atoms with Gasteiger partial charge in [-0.15, -0.1) is 0 Å². The predicted octanol–water partition coefficient (Wildman–Crippen LogP) is 4.38. The first-order valence-electron chi connectivity index (χ1n) is 6.84. The van der Waals surface area contributed by atoms with Crippen molar-refractivity contribution in [2.75, 3.05) is 0 Å². The molecule has 2 atom stereocenters. The molecule has 1 aromatic heterocycles. The number of fused-ring (bicyclic) bond motifs is 2. The predicted molar refractivity (Wildman–Crippen MR) is 82.3 cm³/mol. The van der Waals surface area contributed by atoms with Crippen LogP contribution in [0, 0.1) is 5.92 Å². The van der Waals surface area contributed by atoms with Gasteiger partial charge in [0.15, 0.2) is 0 Å². The molecule has 0 saturated heterocycles. The van der Waals surface area contributed by atoms with Crippen molar-refractivity contribution in [2.45, 2.75) is 32.6 Å². The maximum Gasteiger partial charge on any atom is 0.336 e. The number of pyridine rings is 1. The second-order valence-corrected chi connectivity index (χ2v) is 6.54. The van der Waals surface area contributed by atoms with Crippen LogP contribution >= 0.6 is 15.9 Å². The van der Waals surface area contributed by atoms with E-state index in [4.69, 9.17) is 4.98 Å². The monoisotopic (exact) mass is 333 g/mol. The molecular weight excluding hydrogens is 318 g/mol. The van der Waals surface area contributed by atoms with Gasteiger partial charge in [0, 0.05) is 21.5 Å². The fourth-order valence-electron chi connectivity index (χ4n) is 3.06. The number of rotatable bonds is 1. The number of nitrogens with zero attached hydrogens (tertiary/aromatic N) is 1. The maximum atomic E-state index is 11.7. The van der Waals surface area contributed by atoms with Gasteiger partial charge in [0.1, 0.15) is 0 Å². The fraction of sp³-hybridized carbons (Fsp3) is 0.375. The number of hydrogen-bond donors (Lipinski definition) is 1. The first-order chi connectivity index (χ1) is 9.49. The minimum atomic E-state index is -0.849.